The van der Waals surface area contributed by atoms with Gasteiger partial charge in [0.15, 0.2) is 11.1 Å². The number of ether oxygens (including phenoxy) is 4. The van der Waals surface area contributed by atoms with Crippen molar-refractivity contribution >= 4 is 35.7 Å². The first-order chi connectivity index (χ1) is 29.3. The predicted octanol–water partition coefficient (Wildman–Crippen LogP) is -1.07. The summed E-state index contributed by atoms with van der Waals surface area (Å²) in [5, 5.41) is 20.3. The molecule has 2 fully saturated rings. The molecule has 18 nitrogen and oxygen atoms in total. The summed E-state index contributed by atoms with van der Waals surface area (Å²) >= 11 is 0. The number of carbonyl (C=O) groups is 6. The zero-order valence-electron chi connectivity index (χ0n) is 37.9. The molecule has 0 bridgehead atoms. The zero-order chi connectivity index (χ0) is 46.6. The van der Waals surface area contributed by atoms with E-state index in [9.17, 15) is 19.2 Å². The number of hydrogen-bond donors (Lipinski definition) is 2. The number of piperidine rings is 2. The lowest BCUT2D eigenvalue weighted by Gasteiger charge is -2.43. The molecule has 0 spiro atoms. The van der Waals surface area contributed by atoms with Crippen molar-refractivity contribution in [3.8, 4) is 11.5 Å². The molecule has 62 heavy (non-hydrogen) atoms. The highest BCUT2D eigenvalue weighted by Gasteiger charge is 2.53. The molecule has 0 aliphatic carbocycles. The number of carbonyl (C=O) groups excluding carboxylic acids is 6. The van der Waals surface area contributed by atoms with Crippen LogP contribution in [0, 0.1) is 11.8 Å². The van der Waals surface area contributed by atoms with Gasteiger partial charge in [0.05, 0.1) is 79.6 Å². The van der Waals surface area contributed by atoms with Crippen LogP contribution < -0.4 is 29.5 Å². The van der Waals surface area contributed by atoms with Crippen molar-refractivity contribution in [1.29, 1.82) is 0 Å². The van der Waals surface area contributed by atoms with E-state index in [0.717, 1.165) is 50.4 Å². The van der Waals surface area contributed by atoms with Crippen LogP contribution in [-0.4, -0.2) is 125 Å². The van der Waals surface area contributed by atoms with E-state index in [2.05, 4.69) is 27.7 Å². The number of methoxy groups -OCH3 is 4. The fraction of sp³-hybridized carbons (Fsp3) is 0.591. The van der Waals surface area contributed by atoms with Crippen LogP contribution >= 0.6 is 0 Å². The van der Waals surface area contributed by atoms with E-state index in [1.165, 1.54) is 48.0 Å². The van der Waals surface area contributed by atoms with E-state index in [4.69, 9.17) is 48.4 Å². The molecule has 0 saturated carbocycles. The number of nitrogens with one attached hydrogen (secondary N) is 2. The third kappa shape index (κ3) is 15.0. The van der Waals surface area contributed by atoms with Gasteiger partial charge in [-0.1, -0.05) is 64.1 Å². The predicted molar refractivity (Wildman–Crippen MR) is 219 cm³/mol. The molecule has 2 heterocycles. The van der Waals surface area contributed by atoms with E-state index >= 15 is 0 Å². The van der Waals surface area contributed by atoms with Gasteiger partial charge in [0.2, 0.25) is 11.8 Å². The van der Waals surface area contributed by atoms with Crippen LogP contribution in [-0.2, 0) is 61.1 Å². The number of carboxylic acid groups (broad SMARTS) is 2. The summed E-state index contributed by atoms with van der Waals surface area (Å²) in [4.78, 5) is 83.0. The van der Waals surface area contributed by atoms with Crippen molar-refractivity contribution in [3.05, 3.63) is 59.7 Å². The summed E-state index contributed by atoms with van der Waals surface area (Å²) in [6.07, 6.45) is 2.03. The highest BCUT2D eigenvalue weighted by atomic mass is 16.7. The Morgan fingerprint density at radius 1 is 0.581 bits per heavy atom. The van der Waals surface area contributed by atoms with E-state index in [-0.39, 0.29) is 25.0 Å². The van der Waals surface area contributed by atoms with Crippen molar-refractivity contribution in [3.63, 3.8) is 0 Å². The highest BCUT2D eigenvalue weighted by molar-refractivity contribution is 6.25. The number of quaternary nitrogens is 2. The first-order valence-corrected chi connectivity index (χ1v) is 20.7. The number of hydrogen-bond acceptors (Lipinski definition) is 14. The number of aliphatic carboxylic acids is 2. The van der Waals surface area contributed by atoms with Gasteiger partial charge in [-0.15, -0.1) is 0 Å². The average Bonchev–Trinajstić information content (AvgIpc) is 3.24. The molecular weight excluding hydrogens is 808 g/mol. The number of amides is 2. The molecule has 2 amide bonds. The molecule has 18 heteroatoms. The summed E-state index contributed by atoms with van der Waals surface area (Å²) in [6, 6.07) is 14.9. The van der Waals surface area contributed by atoms with Gasteiger partial charge >= 0.3 is 11.9 Å². The van der Waals surface area contributed by atoms with Crippen LogP contribution in [0.5, 0.6) is 11.5 Å². The third-order valence-electron chi connectivity index (χ3n) is 10.7. The number of benzene rings is 2. The average molecular weight is 875 g/mol. The SMILES string of the molecule is COC(=O)C1(N(OCc2ccccc2OC)C(C)=O)CC[NH+](CC(C)C)CC1.COC(=O)C1(N(OCc2ccccc2OC)C(C)=O)CC[NH+](CC(C)C)CC1.O=C([O-])C(=O)[O-]. The standard InChI is InChI=1S/2C21H32N2O5.C2H2O4/c2*1-16(2)14-22-12-10-21(11-13-22,20(25)27-5)23(17(3)24)28-15-18-8-6-7-9-19(18)26-4;3-1(4)2(5)6/h2*6-9,16H,10-15H2,1-5H3;(H,3,4)(H,5,6). The van der Waals surface area contributed by atoms with Gasteiger partial charge in [-0.2, -0.15) is 0 Å². The Bertz CT molecular complexity index is 1640. The van der Waals surface area contributed by atoms with E-state index in [0.29, 0.717) is 49.0 Å². The summed E-state index contributed by atoms with van der Waals surface area (Å²) in [6.45, 7) is 17.1. The van der Waals surface area contributed by atoms with E-state index in [1.807, 2.05) is 48.5 Å². The Hall–Kier alpha value is -5.30. The third-order valence-corrected chi connectivity index (χ3v) is 10.7. The lowest BCUT2D eigenvalue weighted by Crippen LogP contribution is -3.14. The molecule has 0 radical (unpaired) electrons. The molecule has 346 valence electrons. The van der Waals surface area contributed by atoms with Crippen molar-refractivity contribution in [2.75, 3.05) is 67.7 Å². The molecule has 2 N–H and O–H groups in total. The first kappa shape index (κ1) is 52.8. The molecule has 2 aliphatic rings. The van der Waals surface area contributed by atoms with Crippen LogP contribution in [0.15, 0.2) is 48.5 Å². The Morgan fingerprint density at radius 2 is 0.887 bits per heavy atom. The summed E-state index contributed by atoms with van der Waals surface area (Å²) in [5.74, 6) is -3.34. The molecule has 4 rings (SSSR count). The monoisotopic (exact) mass is 874 g/mol. The van der Waals surface area contributed by atoms with Crippen molar-refractivity contribution in [2.24, 2.45) is 11.8 Å². The number of nitrogens with zero attached hydrogens (tertiary/aromatic N) is 2. The summed E-state index contributed by atoms with van der Waals surface area (Å²) in [7, 11) is 5.89. The van der Waals surface area contributed by atoms with Gasteiger partial charge in [-0.3, -0.25) is 19.3 Å². The van der Waals surface area contributed by atoms with Gasteiger partial charge in [-0.05, 0) is 12.1 Å². The first-order valence-electron chi connectivity index (χ1n) is 20.7. The van der Waals surface area contributed by atoms with Crippen LogP contribution in [0.25, 0.3) is 0 Å². The van der Waals surface area contributed by atoms with Crippen LogP contribution in [0.4, 0.5) is 0 Å². The van der Waals surface area contributed by atoms with Gasteiger partial charge in [0.1, 0.15) is 24.7 Å². The molecule has 2 saturated heterocycles. The van der Waals surface area contributed by atoms with Gasteiger partial charge < -0.3 is 48.5 Å². The van der Waals surface area contributed by atoms with Crippen LogP contribution in [0.2, 0.25) is 0 Å². The maximum absolute atomic E-state index is 12.8. The van der Waals surface area contributed by atoms with Crippen LogP contribution in [0.3, 0.4) is 0 Å². The van der Waals surface area contributed by atoms with Crippen molar-refractivity contribution < 1.29 is 77.4 Å². The van der Waals surface area contributed by atoms with Gasteiger partial charge in [-0.25, -0.2) is 19.7 Å². The quantitative estimate of drug-likeness (QED) is 0.117. The normalized spacial score (nSPS) is 20.6. The molecule has 2 aliphatic heterocycles. The highest BCUT2D eigenvalue weighted by Crippen LogP contribution is 2.31. The second kappa shape index (κ2) is 25.6. The Balaban J connectivity index is 0.000000377. The fourth-order valence-corrected chi connectivity index (χ4v) is 7.90. The molecule has 0 unspecified atom stereocenters. The zero-order valence-corrected chi connectivity index (χ0v) is 37.9. The molecular formula is C44H66N4O14. The summed E-state index contributed by atoms with van der Waals surface area (Å²) in [5.41, 5.74) is -0.579. The van der Waals surface area contributed by atoms with Crippen molar-refractivity contribution in [2.45, 2.75) is 91.5 Å². The minimum Gasteiger partial charge on any atom is -0.543 e. The number of carboxylic acids is 2. The van der Waals surface area contributed by atoms with Crippen molar-refractivity contribution in [1.82, 2.24) is 10.1 Å². The minimum atomic E-state index is -2.19. The topological polar surface area (TPSA) is 219 Å². The Morgan fingerprint density at radius 3 is 1.13 bits per heavy atom. The number of para-hydroxylation sites is 2. The maximum atomic E-state index is 12.8. The second-order valence-electron chi connectivity index (χ2n) is 16.1. The number of likely N-dealkylation sites (tertiary alicyclic amines) is 2. The van der Waals surface area contributed by atoms with E-state index < -0.39 is 35.0 Å². The lowest BCUT2D eigenvalue weighted by atomic mass is 9.86. The lowest BCUT2D eigenvalue weighted by molar-refractivity contribution is -0.909. The summed E-state index contributed by atoms with van der Waals surface area (Å²) < 4.78 is 20.9. The maximum Gasteiger partial charge on any atom is 0.334 e. The molecule has 0 aromatic heterocycles. The largest absolute Gasteiger partial charge is 0.543 e. The molecule has 0 atom stereocenters. The fourth-order valence-electron chi connectivity index (χ4n) is 7.90. The smallest absolute Gasteiger partial charge is 0.334 e. The van der Waals surface area contributed by atoms with Gasteiger partial charge in [0.25, 0.3) is 0 Å². The van der Waals surface area contributed by atoms with Crippen LogP contribution in [0.1, 0.15) is 78.4 Å². The number of rotatable bonds is 16. The molecule has 2 aromatic carbocycles. The minimum absolute atomic E-state index is 0.130. The number of esters is 2. The molecule has 2 aromatic rings. The van der Waals surface area contributed by atoms with Gasteiger partial charge in [0, 0.05) is 62.5 Å². The number of hydroxylamine groups is 4. The Kier molecular flexibility index (Phi) is 21.8. The Labute approximate surface area is 364 Å². The van der Waals surface area contributed by atoms with E-state index in [1.54, 1.807) is 14.2 Å². The second-order valence-corrected chi connectivity index (χ2v) is 16.1.